The van der Waals surface area contributed by atoms with Gasteiger partial charge in [-0.25, -0.2) is 0 Å². The Hall–Kier alpha value is -0.180. The van der Waals surface area contributed by atoms with Crippen LogP contribution >= 0.6 is 11.8 Å². The lowest BCUT2D eigenvalue weighted by Crippen LogP contribution is -2.03. The van der Waals surface area contributed by atoms with E-state index in [1.807, 2.05) is 0 Å². The first kappa shape index (κ1) is 10.8. The zero-order chi connectivity index (χ0) is 8.53. The molecule has 0 bridgehead atoms. The van der Waals surface area contributed by atoms with E-state index in [4.69, 9.17) is 0 Å². The Morgan fingerprint density at radius 2 is 2.18 bits per heavy atom. The van der Waals surface area contributed by atoms with Crippen LogP contribution in [0.2, 0.25) is 0 Å². The molecule has 2 nitrogen and oxygen atoms in total. The molecule has 0 radical (unpaired) electrons. The number of hydrogen-bond donors (Lipinski definition) is 0. The number of esters is 1. The largest absolute Gasteiger partial charge is 0.468 e. The molecule has 0 aliphatic rings. The SMILES string of the molecule is CCCCCSCC(=O)OC. The lowest BCUT2D eigenvalue weighted by Gasteiger charge is -1.98. The Kier molecular flexibility index (Phi) is 7.79. The predicted octanol–water partition coefficient (Wildman–Crippen LogP) is 2.08. The van der Waals surface area contributed by atoms with Gasteiger partial charge in [0.05, 0.1) is 12.9 Å². The van der Waals surface area contributed by atoms with Gasteiger partial charge in [-0.2, -0.15) is 11.8 Å². The van der Waals surface area contributed by atoms with E-state index in [-0.39, 0.29) is 5.97 Å². The molecule has 0 N–H and O–H groups in total. The summed E-state index contributed by atoms with van der Waals surface area (Å²) in [7, 11) is 1.43. The minimum absolute atomic E-state index is 0.119. The molecule has 66 valence electrons. The third-order valence-corrected chi connectivity index (χ3v) is 2.36. The van der Waals surface area contributed by atoms with Crippen molar-refractivity contribution in [2.24, 2.45) is 0 Å². The number of hydrogen-bond acceptors (Lipinski definition) is 3. The first-order valence-corrected chi connectivity index (χ1v) is 5.11. The summed E-state index contributed by atoms with van der Waals surface area (Å²) in [5.74, 6) is 1.45. The highest BCUT2D eigenvalue weighted by Gasteiger charge is 1.98. The quantitative estimate of drug-likeness (QED) is 0.458. The van der Waals surface area contributed by atoms with E-state index in [0.29, 0.717) is 5.75 Å². The molecular formula is C8H16O2S. The molecule has 0 rings (SSSR count). The first-order valence-electron chi connectivity index (χ1n) is 3.95. The fraction of sp³-hybridized carbons (Fsp3) is 0.875. The van der Waals surface area contributed by atoms with E-state index in [0.717, 1.165) is 5.75 Å². The van der Waals surface area contributed by atoms with Gasteiger partial charge in [0.2, 0.25) is 0 Å². The van der Waals surface area contributed by atoms with E-state index >= 15 is 0 Å². The monoisotopic (exact) mass is 176 g/mol. The highest BCUT2D eigenvalue weighted by Crippen LogP contribution is 2.05. The smallest absolute Gasteiger partial charge is 0.315 e. The molecule has 0 fully saturated rings. The number of unbranched alkanes of at least 4 members (excludes halogenated alkanes) is 2. The Balaban J connectivity index is 2.95. The summed E-state index contributed by atoms with van der Waals surface area (Å²) in [6.07, 6.45) is 3.70. The average molecular weight is 176 g/mol. The lowest BCUT2D eigenvalue weighted by molar-refractivity contribution is -0.137. The Morgan fingerprint density at radius 3 is 2.73 bits per heavy atom. The molecule has 0 atom stereocenters. The van der Waals surface area contributed by atoms with E-state index in [1.54, 1.807) is 11.8 Å². The molecule has 0 saturated carbocycles. The van der Waals surface area contributed by atoms with Gasteiger partial charge in [-0.05, 0) is 12.2 Å². The Labute approximate surface area is 72.7 Å². The van der Waals surface area contributed by atoms with Gasteiger partial charge in [0.15, 0.2) is 0 Å². The second-order valence-electron chi connectivity index (χ2n) is 2.34. The third-order valence-electron chi connectivity index (χ3n) is 1.34. The van der Waals surface area contributed by atoms with Gasteiger partial charge in [-0.3, -0.25) is 4.79 Å². The molecule has 0 spiro atoms. The summed E-state index contributed by atoms with van der Waals surface area (Å²) in [5.41, 5.74) is 0. The lowest BCUT2D eigenvalue weighted by atomic mass is 10.3. The maximum atomic E-state index is 10.6. The molecule has 0 amide bonds. The second-order valence-corrected chi connectivity index (χ2v) is 3.44. The van der Waals surface area contributed by atoms with Crippen molar-refractivity contribution < 1.29 is 9.53 Å². The standard InChI is InChI=1S/C8H16O2S/c1-3-4-5-6-11-7-8(9)10-2/h3-7H2,1-2H3. The van der Waals surface area contributed by atoms with Crippen LogP contribution in [0.25, 0.3) is 0 Å². The average Bonchev–Trinajstić information content (AvgIpc) is 2.04. The van der Waals surface area contributed by atoms with Crippen LogP contribution in [0, 0.1) is 0 Å². The Morgan fingerprint density at radius 1 is 1.45 bits per heavy atom. The van der Waals surface area contributed by atoms with Gasteiger partial charge in [-0.15, -0.1) is 0 Å². The number of methoxy groups -OCH3 is 1. The van der Waals surface area contributed by atoms with Crippen LogP contribution in [0.3, 0.4) is 0 Å². The van der Waals surface area contributed by atoms with Gasteiger partial charge in [0.1, 0.15) is 0 Å². The summed E-state index contributed by atoms with van der Waals surface area (Å²) in [4.78, 5) is 10.6. The maximum Gasteiger partial charge on any atom is 0.315 e. The zero-order valence-electron chi connectivity index (χ0n) is 7.26. The maximum absolute atomic E-state index is 10.6. The number of thioether (sulfide) groups is 1. The highest BCUT2D eigenvalue weighted by molar-refractivity contribution is 7.99. The predicted molar refractivity (Wildman–Crippen MR) is 48.9 cm³/mol. The molecule has 11 heavy (non-hydrogen) atoms. The fourth-order valence-electron chi connectivity index (χ4n) is 0.669. The molecule has 0 aliphatic carbocycles. The minimum Gasteiger partial charge on any atom is -0.468 e. The number of carbonyl (C=O) groups excluding carboxylic acids is 1. The van der Waals surface area contributed by atoms with Gasteiger partial charge in [0.25, 0.3) is 0 Å². The van der Waals surface area contributed by atoms with Crippen LogP contribution in [0.1, 0.15) is 26.2 Å². The molecule has 0 saturated heterocycles. The number of rotatable bonds is 6. The Bertz CT molecular complexity index is 104. The van der Waals surface area contributed by atoms with Crippen LogP contribution in [0.4, 0.5) is 0 Å². The van der Waals surface area contributed by atoms with Crippen molar-refractivity contribution in [2.75, 3.05) is 18.6 Å². The summed E-state index contributed by atoms with van der Waals surface area (Å²) in [6.45, 7) is 2.17. The second kappa shape index (κ2) is 7.92. The van der Waals surface area contributed by atoms with Crippen LogP contribution in [-0.4, -0.2) is 24.6 Å². The molecule has 0 aromatic rings. The topological polar surface area (TPSA) is 26.3 Å². The normalized spacial score (nSPS) is 9.64. The van der Waals surface area contributed by atoms with Gasteiger partial charge < -0.3 is 4.74 Å². The van der Waals surface area contributed by atoms with Crippen LogP contribution in [0.5, 0.6) is 0 Å². The molecule has 0 aromatic heterocycles. The van der Waals surface area contributed by atoms with Crippen LogP contribution in [0.15, 0.2) is 0 Å². The molecule has 3 heteroatoms. The van der Waals surface area contributed by atoms with Crippen molar-refractivity contribution in [1.29, 1.82) is 0 Å². The van der Waals surface area contributed by atoms with E-state index in [1.165, 1.54) is 26.4 Å². The molecule has 0 aliphatic heterocycles. The van der Waals surface area contributed by atoms with Gasteiger partial charge in [0, 0.05) is 0 Å². The summed E-state index contributed by atoms with van der Waals surface area (Å²) < 4.78 is 4.50. The summed E-state index contributed by atoms with van der Waals surface area (Å²) in [6, 6.07) is 0. The van der Waals surface area contributed by atoms with E-state index in [9.17, 15) is 4.79 Å². The van der Waals surface area contributed by atoms with Crippen molar-refractivity contribution in [3.63, 3.8) is 0 Å². The molecule has 0 unspecified atom stereocenters. The molecule has 0 aromatic carbocycles. The highest BCUT2D eigenvalue weighted by atomic mass is 32.2. The summed E-state index contributed by atoms with van der Waals surface area (Å²) >= 11 is 1.65. The van der Waals surface area contributed by atoms with Crippen LogP contribution < -0.4 is 0 Å². The van der Waals surface area contributed by atoms with Gasteiger partial charge >= 0.3 is 5.97 Å². The van der Waals surface area contributed by atoms with Crippen molar-refractivity contribution in [2.45, 2.75) is 26.2 Å². The molecule has 0 heterocycles. The number of carbonyl (C=O) groups is 1. The van der Waals surface area contributed by atoms with Crippen molar-refractivity contribution >= 4 is 17.7 Å². The fourth-order valence-corrected chi connectivity index (χ4v) is 1.51. The number of ether oxygens (including phenoxy) is 1. The van der Waals surface area contributed by atoms with E-state index < -0.39 is 0 Å². The van der Waals surface area contributed by atoms with E-state index in [2.05, 4.69) is 11.7 Å². The van der Waals surface area contributed by atoms with Crippen LogP contribution in [-0.2, 0) is 9.53 Å². The first-order chi connectivity index (χ1) is 5.31. The van der Waals surface area contributed by atoms with Gasteiger partial charge in [-0.1, -0.05) is 19.8 Å². The zero-order valence-corrected chi connectivity index (χ0v) is 8.08. The van der Waals surface area contributed by atoms with Crippen molar-refractivity contribution in [1.82, 2.24) is 0 Å². The van der Waals surface area contributed by atoms with Crippen molar-refractivity contribution in [3.8, 4) is 0 Å². The minimum atomic E-state index is -0.119. The summed E-state index contributed by atoms with van der Waals surface area (Å²) in [5, 5.41) is 0. The van der Waals surface area contributed by atoms with Crippen molar-refractivity contribution in [3.05, 3.63) is 0 Å². The third kappa shape index (κ3) is 7.72. The molecular weight excluding hydrogens is 160 g/mol.